The van der Waals surface area contributed by atoms with Crippen LogP contribution in [0, 0.1) is 0 Å². The maximum atomic E-state index is 12.5. The number of benzene rings is 2. The maximum absolute atomic E-state index is 12.5. The highest BCUT2D eigenvalue weighted by Gasteiger charge is 2.29. The summed E-state index contributed by atoms with van der Waals surface area (Å²) in [4.78, 5) is 12.0. The van der Waals surface area contributed by atoms with Gasteiger partial charge in [-0.25, -0.2) is 4.68 Å². The van der Waals surface area contributed by atoms with E-state index in [0.717, 1.165) is 17.6 Å². The zero-order chi connectivity index (χ0) is 17.2. The van der Waals surface area contributed by atoms with Crippen molar-refractivity contribution >= 4 is 16.9 Å². The second kappa shape index (κ2) is 6.31. The molecule has 2 aromatic carbocycles. The second-order valence-electron chi connectivity index (χ2n) is 5.21. The Morgan fingerprint density at radius 2 is 1.79 bits per heavy atom. The molecule has 1 amide bonds. The van der Waals surface area contributed by atoms with E-state index in [0.29, 0.717) is 11.1 Å². The fraction of sp³-hybridized carbons (Fsp3) is 0.188. The molecule has 0 saturated carbocycles. The van der Waals surface area contributed by atoms with Crippen molar-refractivity contribution in [2.24, 2.45) is 0 Å². The van der Waals surface area contributed by atoms with E-state index in [4.69, 9.17) is 0 Å². The van der Waals surface area contributed by atoms with Gasteiger partial charge in [0.15, 0.2) is 0 Å². The molecule has 0 fully saturated rings. The van der Waals surface area contributed by atoms with Crippen molar-refractivity contribution in [3.63, 3.8) is 0 Å². The van der Waals surface area contributed by atoms with Crippen LogP contribution in [0.4, 0.5) is 13.2 Å². The summed E-state index contributed by atoms with van der Waals surface area (Å²) in [5, 5.41) is 10.5. The Balaban J connectivity index is 1.59. The van der Waals surface area contributed by atoms with Crippen LogP contribution in [0.15, 0.2) is 48.5 Å². The summed E-state index contributed by atoms with van der Waals surface area (Å²) in [7, 11) is 0. The number of nitrogens with one attached hydrogen (secondary N) is 1. The molecule has 0 atom stereocenters. The van der Waals surface area contributed by atoms with Gasteiger partial charge in [-0.15, -0.1) is 5.10 Å². The van der Waals surface area contributed by atoms with Gasteiger partial charge >= 0.3 is 6.18 Å². The molecule has 24 heavy (non-hydrogen) atoms. The molecule has 1 aromatic heterocycles. The number of aromatic nitrogens is 3. The highest BCUT2D eigenvalue weighted by molar-refractivity contribution is 5.79. The van der Waals surface area contributed by atoms with Crippen molar-refractivity contribution in [3.8, 4) is 0 Å². The smallest absolute Gasteiger partial charge is 0.350 e. The molecule has 3 aromatic rings. The molecule has 124 valence electrons. The van der Waals surface area contributed by atoms with Crippen molar-refractivity contribution in [3.05, 3.63) is 59.7 Å². The zero-order valence-corrected chi connectivity index (χ0v) is 12.4. The second-order valence-corrected chi connectivity index (χ2v) is 5.21. The van der Waals surface area contributed by atoms with E-state index < -0.39 is 11.7 Å². The van der Waals surface area contributed by atoms with E-state index in [1.54, 1.807) is 12.1 Å². The first-order valence-electron chi connectivity index (χ1n) is 7.14. The molecule has 0 bridgehead atoms. The normalized spacial score (nSPS) is 11.6. The molecular weight excluding hydrogens is 321 g/mol. The fourth-order valence-corrected chi connectivity index (χ4v) is 2.24. The number of amides is 1. The first kappa shape index (κ1) is 16.0. The predicted molar refractivity (Wildman–Crippen MR) is 80.8 cm³/mol. The van der Waals surface area contributed by atoms with E-state index in [-0.39, 0.29) is 19.0 Å². The zero-order valence-electron chi connectivity index (χ0n) is 12.4. The minimum Gasteiger partial charge on any atom is -0.350 e. The largest absolute Gasteiger partial charge is 0.416 e. The molecule has 0 aliphatic carbocycles. The summed E-state index contributed by atoms with van der Waals surface area (Å²) < 4.78 is 38.9. The first-order chi connectivity index (χ1) is 11.4. The van der Waals surface area contributed by atoms with E-state index in [1.165, 1.54) is 16.8 Å². The van der Waals surface area contributed by atoms with Crippen LogP contribution in [0.25, 0.3) is 11.0 Å². The van der Waals surface area contributed by atoms with Gasteiger partial charge < -0.3 is 5.32 Å². The van der Waals surface area contributed by atoms with Crippen LogP contribution >= 0.6 is 0 Å². The Morgan fingerprint density at radius 1 is 1.08 bits per heavy atom. The van der Waals surface area contributed by atoms with E-state index in [1.807, 2.05) is 12.1 Å². The van der Waals surface area contributed by atoms with Crippen molar-refractivity contribution < 1.29 is 18.0 Å². The number of carbonyl (C=O) groups excluding carboxylic acids is 1. The van der Waals surface area contributed by atoms with Gasteiger partial charge in [-0.2, -0.15) is 13.2 Å². The van der Waals surface area contributed by atoms with Gasteiger partial charge in [0.05, 0.1) is 11.1 Å². The number of alkyl halides is 3. The van der Waals surface area contributed by atoms with Crippen LogP contribution < -0.4 is 5.32 Å². The summed E-state index contributed by atoms with van der Waals surface area (Å²) in [6.45, 7) is 0.130. The highest BCUT2D eigenvalue weighted by atomic mass is 19.4. The standard InChI is InChI=1S/C16H13F3N4O/c17-16(18,19)12-7-5-11(6-8-12)9-20-15(24)10-23-14-4-2-1-3-13(14)21-22-23/h1-8H,9-10H2,(H,20,24). The molecule has 1 N–H and O–H groups in total. The minimum absolute atomic E-state index is 0.0127. The molecule has 0 unspecified atom stereocenters. The van der Waals surface area contributed by atoms with Gasteiger partial charge in [0, 0.05) is 6.54 Å². The first-order valence-corrected chi connectivity index (χ1v) is 7.14. The van der Waals surface area contributed by atoms with Gasteiger partial charge in [-0.05, 0) is 29.8 Å². The lowest BCUT2D eigenvalue weighted by atomic mass is 10.1. The molecule has 0 spiro atoms. The Hall–Kier alpha value is -2.90. The minimum atomic E-state index is -4.37. The molecule has 0 aliphatic heterocycles. The Morgan fingerprint density at radius 3 is 2.50 bits per heavy atom. The average molecular weight is 334 g/mol. The van der Waals surface area contributed by atoms with Crippen molar-refractivity contribution in [1.29, 1.82) is 0 Å². The number of fused-ring (bicyclic) bond motifs is 1. The van der Waals surface area contributed by atoms with Gasteiger partial charge in [-0.1, -0.05) is 29.5 Å². The summed E-state index contributed by atoms with van der Waals surface area (Å²) in [5.41, 5.74) is 1.29. The van der Waals surface area contributed by atoms with Crippen molar-refractivity contribution in [2.75, 3.05) is 0 Å². The number of nitrogens with zero attached hydrogens (tertiary/aromatic N) is 3. The van der Waals surface area contributed by atoms with Gasteiger partial charge in [-0.3, -0.25) is 4.79 Å². The van der Waals surface area contributed by atoms with Crippen LogP contribution in [0.2, 0.25) is 0 Å². The number of hydrogen-bond acceptors (Lipinski definition) is 3. The average Bonchev–Trinajstić information content (AvgIpc) is 2.96. The quantitative estimate of drug-likeness (QED) is 0.798. The molecule has 5 nitrogen and oxygen atoms in total. The van der Waals surface area contributed by atoms with E-state index in [2.05, 4.69) is 15.6 Å². The monoisotopic (exact) mass is 334 g/mol. The third kappa shape index (κ3) is 3.53. The lowest BCUT2D eigenvalue weighted by molar-refractivity contribution is -0.137. The highest BCUT2D eigenvalue weighted by Crippen LogP contribution is 2.29. The predicted octanol–water partition coefficient (Wildman–Crippen LogP) is 2.77. The Bertz CT molecular complexity index is 856. The summed E-state index contributed by atoms with van der Waals surface area (Å²) >= 11 is 0. The molecule has 1 heterocycles. The lowest BCUT2D eigenvalue weighted by Crippen LogP contribution is -2.27. The Labute approximate surface area is 135 Å². The van der Waals surface area contributed by atoms with Gasteiger partial charge in [0.2, 0.25) is 5.91 Å². The molecule has 3 rings (SSSR count). The molecule has 8 heteroatoms. The number of halogens is 3. The SMILES string of the molecule is O=C(Cn1nnc2ccccc21)NCc1ccc(C(F)(F)F)cc1. The molecule has 0 aliphatic rings. The van der Waals surface area contributed by atoms with Crippen molar-refractivity contribution in [1.82, 2.24) is 20.3 Å². The third-order valence-electron chi connectivity index (χ3n) is 3.48. The van der Waals surface area contributed by atoms with Crippen LogP contribution in [0.1, 0.15) is 11.1 Å². The topological polar surface area (TPSA) is 59.8 Å². The van der Waals surface area contributed by atoms with E-state index in [9.17, 15) is 18.0 Å². The van der Waals surface area contributed by atoms with E-state index >= 15 is 0 Å². The van der Waals surface area contributed by atoms with Crippen molar-refractivity contribution in [2.45, 2.75) is 19.3 Å². The van der Waals surface area contributed by atoms with Crippen LogP contribution in [0.3, 0.4) is 0 Å². The summed E-state index contributed by atoms with van der Waals surface area (Å²) in [6, 6.07) is 11.9. The lowest BCUT2D eigenvalue weighted by Gasteiger charge is -2.09. The third-order valence-corrected chi connectivity index (χ3v) is 3.48. The summed E-state index contributed by atoms with van der Waals surface area (Å²) in [6.07, 6.45) is -4.37. The maximum Gasteiger partial charge on any atom is 0.416 e. The number of carbonyl (C=O) groups is 1. The number of rotatable bonds is 4. The fourth-order valence-electron chi connectivity index (χ4n) is 2.24. The molecular formula is C16H13F3N4O. The molecule has 0 saturated heterocycles. The van der Waals surface area contributed by atoms with Gasteiger partial charge in [0.25, 0.3) is 0 Å². The Kier molecular flexibility index (Phi) is 4.20. The molecule has 0 radical (unpaired) electrons. The number of para-hydroxylation sites is 1. The summed E-state index contributed by atoms with van der Waals surface area (Å²) in [5.74, 6) is -0.300. The van der Waals surface area contributed by atoms with Crippen LogP contribution in [0.5, 0.6) is 0 Å². The van der Waals surface area contributed by atoms with Gasteiger partial charge in [0.1, 0.15) is 12.1 Å². The number of hydrogen-bond donors (Lipinski definition) is 1. The van der Waals surface area contributed by atoms with Crippen LogP contribution in [-0.4, -0.2) is 20.9 Å². The van der Waals surface area contributed by atoms with Crippen LogP contribution in [-0.2, 0) is 24.1 Å².